The van der Waals surface area contributed by atoms with Gasteiger partial charge in [-0.3, -0.25) is 0 Å². The van der Waals surface area contributed by atoms with E-state index in [0.717, 1.165) is 5.56 Å². The summed E-state index contributed by atoms with van der Waals surface area (Å²) in [4.78, 5) is 11.7. The van der Waals surface area contributed by atoms with Crippen LogP contribution in [0.15, 0.2) is 45.9 Å². The van der Waals surface area contributed by atoms with Gasteiger partial charge in [0, 0.05) is 31.1 Å². The van der Waals surface area contributed by atoms with Crippen molar-refractivity contribution in [2.24, 2.45) is 5.73 Å². The van der Waals surface area contributed by atoms with Gasteiger partial charge in [-0.25, -0.2) is 13.2 Å². The fraction of sp³-hybridized carbons (Fsp3) is 0.353. The number of halogens is 1. The highest BCUT2D eigenvalue weighted by Gasteiger charge is 2.40. The van der Waals surface area contributed by atoms with E-state index in [2.05, 4.69) is 4.74 Å². The second kappa shape index (κ2) is 7.79. The van der Waals surface area contributed by atoms with Crippen LogP contribution in [0.25, 0.3) is 0 Å². The normalized spacial score (nSPS) is 20.6. The quantitative estimate of drug-likeness (QED) is 0.786. The van der Waals surface area contributed by atoms with Crippen molar-refractivity contribution < 1.29 is 22.4 Å². The molecular formula is C17H21ClN2O5S. The predicted molar refractivity (Wildman–Crippen MR) is 97.9 cm³/mol. The summed E-state index contributed by atoms with van der Waals surface area (Å²) < 4.78 is 37.0. The zero-order chi connectivity index (χ0) is 18.2. The molecule has 142 valence electrons. The maximum absolute atomic E-state index is 12.9. The van der Waals surface area contributed by atoms with Gasteiger partial charge in [0.25, 0.3) is 10.0 Å². The van der Waals surface area contributed by atoms with E-state index in [0.29, 0.717) is 0 Å². The van der Waals surface area contributed by atoms with Crippen molar-refractivity contribution in [3.63, 3.8) is 0 Å². The number of hydrogen-bond donors (Lipinski definition) is 1. The van der Waals surface area contributed by atoms with Crippen molar-refractivity contribution >= 4 is 28.4 Å². The second-order valence-corrected chi connectivity index (χ2v) is 7.90. The summed E-state index contributed by atoms with van der Waals surface area (Å²) in [6.45, 7) is 1.98. The number of carbonyl (C=O) groups excluding carboxylic acids is 1. The highest BCUT2D eigenvalue weighted by molar-refractivity contribution is 7.89. The first-order valence-corrected chi connectivity index (χ1v) is 9.28. The Kier molecular flexibility index (Phi) is 6.13. The monoisotopic (exact) mass is 400 g/mol. The molecule has 0 bridgehead atoms. The van der Waals surface area contributed by atoms with Gasteiger partial charge in [-0.15, -0.1) is 12.4 Å². The average molecular weight is 401 g/mol. The topological polar surface area (TPSA) is 103 Å². The van der Waals surface area contributed by atoms with Crippen LogP contribution in [0.1, 0.15) is 27.6 Å². The Labute approximate surface area is 158 Å². The number of methoxy groups -OCH3 is 1. The van der Waals surface area contributed by atoms with E-state index in [1.807, 2.05) is 30.3 Å². The summed E-state index contributed by atoms with van der Waals surface area (Å²) >= 11 is 0. The maximum atomic E-state index is 12.9. The number of benzene rings is 1. The number of sulfonamides is 1. The molecule has 7 nitrogen and oxygen atoms in total. The number of aryl methyl sites for hydroxylation is 1. The molecule has 0 amide bonds. The molecule has 0 unspecified atom stereocenters. The highest BCUT2D eigenvalue weighted by atomic mass is 35.5. The number of nitrogens with two attached hydrogens (primary N) is 1. The molecule has 1 aliphatic heterocycles. The maximum Gasteiger partial charge on any atom is 0.341 e. The summed E-state index contributed by atoms with van der Waals surface area (Å²) in [6.07, 6.45) is 0. The summed E-state index contributed by atoms with van der Waals surface area (Å²) in [5.74, 6) is -0.524. The van der Waals surface area contributed by atoms with Crippen molar-refractivity contribution in [1.82, 2.24) is 4.31 Å². The van der Waals surface area contributed by atoms with Crippen LogP contribution in [0.5, 0.6) is 0 Å². The van der Waals surface area contributed by atoms with Gasteiger partial charge >= 0.3 is 5.97 Å². The molecule has 9 heteroatoms. The zero-order valence-corrected chi connectivity index (χ0v) is 16.0. The molecule has 0 radical (unpaired) electrons. The lowest BCUT2D eigenvalue weighted by Crippen LogP contribution is -2.32. The van der Waals surface area contributed by atoms with Crippen LogP contribution in [0.2, 0.25) is 0 Å². The SMILES string of the molecule is COC(=O)c1cc(S(=O)(=O)N2C[C@@H](N)[C@H](c3ccccc3)C2)oc1C.Cl. The van der Waals surface area contributed by atoms with Gasteiger partial charge < -0.3 is 14.9 Å². The van der Waals surface area contributed by atoms with Crippen LogP contribution in [0, 0.1) is 6.92 Å². The summed E-state index contributed by atoms with van der Waals surface area (Å²) in [7, 11) is -2.65. The van der Waals surface area contributed by atoms with Gasteiger partial charge in [0.15, 0.2) is 0 Å². The molecule has 1 saturated heterocycles. The minimum atomic E-state index is -3.88. The zero-order valence-electron chi connectivity index (χ0n) is 14.4. The number of furan rings is 1. The van der Waals surface area contributed by atoms with E-state index >= 15 is 0 Å². The smallest absolute Gasteiger partial charge is 0.341 e. The fourth-order valence-electron chi connectivity index (χ4n) is 3.06. The van der Waals surface area contributed by atoms with Crippen molar-refractivity contribution in [3.05, 3.63) is 53.3 Å². The van der Waals surface area contributed by atoms with Crippen molar-refractivity contribution in [1.29, 1.82) is 0 Å². The van der Waals surface area contributed by atoms with Gasteiger partial charge in [-0.2, -0.15) is 4.31 Å². The van der Waals surface area contributed by atoms with E-state index in [1.54, 1.807) is 0 Å². The Hall–Kier alpha value is -1.87. The van der Waals surface area contributed by atoms with E-state index in [1.165, 1.54) is 24.4 Å². The van der Waals surface area contributed by atoms with Gasteiger partial charge in [0.05, 0.1) is 7.11 Å². The minimum Gasteiger partial charge on any atom is -0.465 e. The second-order valence-electron chi connectivity index (χ2n) is 6.03. The van der Waals surface area contributed by atoms with Crippen LogP contribution in [0.4, 0.5) is 0 Å². The van der Waals surface area contributed by atoms with Crippen molar-refractivity contribution in [2.45, 2.75) is 24.0 Å². The van der Waals surface area contributed by atoms with Crippen LogP contribution < -0.4 is 5.73 Å². The van der Waals surface area contributed by atoms with Crippen LogP contribution in [-0.2, 0) is 14.8 Å². The minimum absolute atomic E-state index is 0. The molecule has 2 heterocycles. The molecule has 1 aromatic carbocycles. The lowest BCUT2D eigenvalue weighted by atomic mass is 9.95. The number of nitrogens with zero attached hydrogens (tertiary/aromatic N) is 1. The Morgan fingerprint density at radius 3 is 2.54 bits per heavy atom. The predicted octanol–water partition coefficient (Wildman–Crippen LogP) is 1.91. The lowest BCUT2D eigenvalue weighted by molar-refractivity contribution is 0.0598. The largest absolute Gasteiger partial charge is 0.465 e. The molecule has 0 spiro atoms. The number of esters is 1. The Morgan fingerprint density at radius 1 is 1.27 bits per heavy atom. The summed E-state index contributed by atoms with van der Waals surface area (Å²) in [5.41, 5.74) is 7.27. The van der Waals surface area contributed by atoms with Gasteiger partial charge in [0.1, 0.15) is 11.3 Å². The van der Waals surface area contributed by atoms with Gasteiger partial charge in [-0.1, -0.05) is 30.3 Å². The lowest BCUT2D eigenvalue weighted by Gasteiger charge is -2.15. The number of rotatable bonds is 4. The third kappa shape index (κ3) is 3.64. The standard InChI is InChI=1S/C17H20N2O5S.ClH/c1-11-13(17(20)23-2)8-16(24-11)25(21,22)19-9-14(15(18)10-19)12-6-4-3-5-7-12;/h3-8,14-15H,9-10,18H2,1-2H3;1H/t14-,15+;/m0./s1. The molecule has 0 saturated carbocycles. The average Bonchev–Trinajstić information content (AvgIpc) is 3.19. The summed E-state index contributed by atoms with van der Waals surface area (Å²) in [6, 6.07) is 10.5. The first-order chi connectivity index (χ1) is 11.8. The molecule has 0 aliphatic carbocycles. The molecule has 2 aromatic rings. The van der Waals surface area contributed by atoms with Crippen LogP contribution in [-0.4, -0.2) is 44.9 Å². The van der Waals surface area contributed by atoms with E-state index < -0.39 is 16.0 Å². The third-order valence-corrected chi connectivity index (χ3v) is 6.14. The molecule has 2 N–H and O–H groups in total. The first kappa shape index (κ1) is 20.4. The number of ether oxygens (including phenoxy) is 1. The molecule has 3 rings (SSSR count). The van der Waals surface area contributed by atoms with E-state index in [-0.39, 0.29) is 53.9 Å². The fourth-order valence-corrected chi connectivity index (χ4v) is 4.54. The molecule has 1 aliphatic rings. The Morgan fingerprint density at radius 2 is 1.92 bits per heavy atom. The Bertz CT molecular complexity index is 882. The summed E-state index contributed by atoms with van der Waals surface area (Å²) in [5, 5.41) is -0.272. The molecule has 26 heavy (non-hydrogen) atoms. The highest BCUT2D eigenvalue weighted by Crippen LogP contribution is 2.31. The molecule has 2 atom stereocenters. The van der Waals surface area contributed by atoms with Crippen molar-refractivity contribution in [2.75, 3.05) is 20.2 Å². The molecule has 1 aromatic heterocycles. The Balaban J connectivity index is 0.00000243. The van der Waals surface area contributed by atoms with Gasteiger partial charge in [0.2, 0.25) is 5.09 Å². The van der Waals surface area contributed by atoms with Crippen molar-refractivity contribution in [3.8, 4) is 0 Å². The third-order valence-electron chi connectivity index (χ3n) is 4.45. The van der Waals surface area contributed by atoms with E-state index in [4.69, 9.17) is 10.2 Å². The molecule has 1 fully saturated rings. The van der Waals surface area contributed by atoms with Crippen LogP contribution in [0.3, 0.4) is 0 Å². The number of carbonyl (C=O) groups is 1. The number of hydrogen-bond acceptors (Lipinski definition) is 6. The first-order valence-electron chi connectivity index (χ1n) is 7.84. The molecular weight excluding hydrogens is 380 g/mol. The van der Waals surface area contributed by atoms with Gasteiger partial charge in [-0.05, 0) is 12.5 Å². The van der Waals surface area contributed by atoms with E-state index in [9.17, 15) is 13.2 Å². The van der Waals surface area contributed by atoms with Crippen LogP contribution >= 0.6 is 12.4 Å².